The number of hydrogen-bond acceptors (Lipinski definition) is 4. The summed E-state index contributed by atoms with van der Waals surface area (Å²) in [5.41, 5.74) is 5.27. The Bertz CT molecular complexity index is 585. The first-order chi connectivity index (χ1) is 8.93. The summed E-state index contributed by atoms with van der Waals surface area (Å²) in [4.78, 5) is 11.3. The monoisotopic (exact) mass is 284 g/mol. The van der Waals surface area contributed by atoms with Crippen LogP contribution in [0.1, 0.15) is 19.3 Å². The highest BCUT2D eigenvalue weighted by Crippen LogP contribution is 2.26. The minimum absolute atomic E-state index is 0.0272. The molecule has 19 heavy (non-hydrogen) atoms. The zero-order chi connectivity index (χ0) is 14.0. The fourth-order valence-electron chi connectivity index (χ4n) is 2.26. The molecule has 6 nitrogen and oxygen atoms in total. The van der Waals surface area contributed by atoms with E-state index < -0.39 is 22.0 Å². The lowest BCUT2D eigenvalue weighted by Crippen LogP contribution is -2.50. The number of piperidine rings is 1. The molecule has 0 aliphatic carbocycles. The lowest BCUT2D eigenvalue weighted by Gasteiger charge is -2.32. The summed E-state index contributed by atoms with van der Waals surface area (Å²) in [5, 5.41) is 9.38. The molecule has 0 aromatic heterocycles. The Morgan fingerprint density at radius 2 is 2.11 bits per heavy atom. The number of aromatic hydroxyl groups is 1. The van der Waals surface area contributed by atoms with Crippen molar-refractivity contribution in [2.75, 3.05) is 6.54 Å². The summed E-state index contributed by atoms with van der Waals surface area (Å²) in [6.45, 7) is 0.269. The van der Waals surface area contributed by atoms with Gasteiger partial charge in [-0.05, 0) is 31.0 Å². The third-order valence-electron chi connectivity index (χ3n) is 3.21. The molecule has 7 heteroatoms. The Morgan fingerprint density at radius 1 is 1.37 bits per heavy atom. The molecule has 1 aliphatic rings. The molecule has 0 saturated carbocycles. The fourth-order valence-corrected chi connectivity index (χ4v) is 3.96. The van der Waals surface area contributed by atoms with Crippen LogP contribution in [0.25, 0.3) is 0 Å². The first kappa shape index (κ1) is 13.8. The van der Waals surface area contributed by atoms with Crippen LogP contribution in [0.4, 0.5) is 0 Å². The smallest absolute Gasteiger partial charge is 0.243 e. The maximum atomic E-state index is 12.5. The van der Waals surface area contributed by atoms with E-state index in [1.807, 2.05) is 0 Å². The molecule has 0 bridgehead atoms. The van der Waals surface area contributed by atoms with Crippen LogP contribution in [-0.2, 0) is 14.8 Å². The van der Waals surface area contributed by atoms with Crippen molar-refractivity contribution in [3.63, 3.8) is 0 Å². The molecule has 1 unspecified atom stereocenters. The Balaban J connectivity index is 2.40. The van der Waals surface area contributed by atoms with Crippen molar-refractivity contribution in [1.82, 2.24) is 4.31 Å². The number of phenolic OH excluding ortho intramolecular Hbond substituents is 1. The van der Waals surface area contributed by atoms with Crippen LogP contribution in [0.5, 0.6) is 5.75 Å². The number of hydrogen-bond donors (Lipinski definition) is 2. The Kier molecular flexibility index (Phi) is 3.77. The molecule has 3 N–H and O–H groups in total. The number of rotatable bonds is 3. The number of nitrogens with two attached hydrogens (primary N) is 1. The predicted octanol–water partition coefficient (Wildman–Crippen LogP) is 0.421. The highest BCUT2D eigenvalue weighted by molar-refractivity contribution is 7.89. The lowest BCUT2D eigenvalue weighted by atomic mass is 10.0. The third-order valence-corrected chi connectivity index (χ3v) is 5.11. The molecule has 0 radical (unpaired) electrons. The number of phenols is 1. The molecular weight excluding hydrogens is 268 g/mol. The first-order valence-corrected chi connectivity index (χ1v) is 7.47. The van der Waals surface area contributed by atoms with Crippen molar-refractivity contribution in [3.05, 3.63) is 24.3 Å². The standard InChI is InChI=1S/C12H16N2O4S/c13-12(16)11-6-1-2-7-14(11)19(17,18)10-5-3-4-9(15)8-10/h3-5,8,11,15H,1-2,6-7H2,(H2,13,16). The molecule has 1 atom stereocenters. The van der Waals surface area contributed by atoms with E-state index >= 15 is 0 Å². The van der Waals surface area contributed by atoms with Gasteiger partial charge in [0.25, 0.3) is 0 Å². The van der Waals surface area contributed by atoms with Gasteiger partial charge in [0.1, 0.15) is 11.8 Å². The predicted molar refractivity (Wildman–Crippen MR) is 68.8 cm³/mol. The molecular formula is C12H16N2O4S. The maximum Gasteiger partial charge on any atom is 0.243 e. The number of carbonyl (C=O) groups excluding carboxylic acids is 1. The van der Waals surface area contributed by atoms with Gasteiger partial charge in [0.05, 0.1) is 4.90 Å². The highest BCUT2D eigenvalue weighted by atomic mass is 32.2. The van der Waals surface area contributed by atoms with E-state index in [9.17, 15) is 18.3 Å². The second-order valence-corrected chi connectivity index (χ2v) is 6.42. The number of sulfonamides is 1. The summed E-state index contributed by atoms with van der Waals surface area (Å²) in [7, 11) is -3.81. The van der Waals surface area contributed by atoms with Gasteiger partial charge in [0.15, 0.2) is 0 Å². The van der Waals surface area contributed by atoms with Crippen molar-refractivity contribution in [2.24, 2.45) is 5.73 Å². The Labute approximate surface area is 111 Å². The maximum absolute atomic E-state index is 12.5. The molecule has 1 aromatic rings. The normalized spacial score (nSPS) is 21.2. The quantitative estimate of drug-likeness (QED) is 0.840. The summed E-state index contributed by atoms with van der Waals surface area (Å²) < 4.78 is 26.1. The third kappa shape index (κ3) is 2.71. The summed E-state index contributed by atoms with van der Waals surface area (Å²) in [6.07, 6.45) is 1.91. The second-order valence-electron chi connectivity index (χ2n) is 4.53. The van der Waals surface area contributed by atoms with Crippen molar-refractivity contribution >= 4 is 15.9 Å². The number of benzene rings is 1. The topological polar surface area (TPSA) is 101 Å². The van der Waals surface area contributed by atoms with Gasteiger partial charge >= 0.3 is 0 Å². The molecule has 1 amide bonds. The van der Waals surface area contributed by atoms with E-state index in [0.717, 1.165) is 10.7 Å². The molecule has 1 aliphatic heterocycles. The molecule has 104 valence electrons. The molecule has 1 aromatic carbocycles. The van der Waals surface area contributed by atoms with Crippen LogP contribution in [0.2, 0.25) is 0 Å². The van der Waals surface area contributed by atoms with Crippen molar-refractivity contribution < 1.29 is 18.3 Å². The summed E-state index contributed by atoms with van der Waals surface area (Å²) in [6, 6.07) is 4.59. The van der Waals surface area contributed by atoms with Crippen LogP contribution >= 0.6 is 0 Å². The van der Waals surface area contributed by atoms with Gasteiger partial charge in [-0.1, -0.05) is 12.5 Å². The molecule has 1 fully saturated rings. The largest absolute Gasteiger partial charge is 0.508 e. The van der Waals surface area contributed by atoms with Gasteiger partial charge in [0.2, 0.25) is 15.9 Å². The highest BCUT2D eigenvalue weighted by Gasteiger charge is 2.36. The van der Waals surface area contributed by atoms with Crippen molar-refractivity contribution in [3.8, 4) is 5.75 Å². The van der Waals surface area contributed by atoms with Gasteiger partial charge in [0, 0.05) is 6.54 Å². The van der Waals surface area contributed by atoms with Gasteiger partial charge in [-0.25, -0.2) is 8.42 Å². The summed E-state index contributed by atoms with van der Waals surface area (Å²) >= 11 is 0. The van der Waals surface area contributed by atoms with Crippen molar-refractivity contribution in [2.45, 2.75) is 30.2 Å². The zero-order valence-corrected chi connectivity index (χ0v) is 11.1. The van der Waals surface area contributed by atoms with Crippen LogP contribution in [0.3, 0.4) is 0 Å². The first-order valence-electron chi connectivity index (χ1n) is 6.03. The number of amides is 1. The molecule has 0 spiro atoms. The average molecular weight is 284 g/mol. The zero-order valence-electron chi connectivity index (χ0n) is 10.3. The summed E-state index contributed by atoms with van der Waals surface area (Å²) in [5.74, 6) is -0.767. The van der Waals surface area contributed by atoms with Crippen LogP contribution in [0.15, 0.2) is 29.2 Å². The van der Waals surface area contributed by atoms with E-state index in [1.54, 1.807) is 0 Å². The molecule has 1 saturated heterocycles. The van der Waals surface area contributed by atoms with Gasteiger partial charge in [-0.3, -0.25) is 4.79 Å². The van der Waals surface area contributed by atoms with E-state index in [2.05, 4.69) is 0 Å². The minimum atomic E-state index is -3.81. The fraction of sp³-hybridized carbons (Fsp3) is 0.417. The van der Waals surface area contributed by atoms with Crippen LogP contribution in [0, 0.1) is 0 Å². The average Bonchev–Trinajstić information content (AvgIpc) is 2.38. The Hall–Kier alpha value is -1.60. The van der Waals surface area contributed by atoms with E-state index in [0.29, 0.717) is 12.8 Å². The lowest BCUT2D eigenvalue weighted by molar-refractivity contribution is -0.122. The number of carbonyl (C=O) groups is 1. The molecule has 1 heterocycles. The van der Waals surface area contributed by atoms with Gasteiger partial charge in [-0.15, -0.1) is 0 Å². The number of primary amides is 1. The van der Waals surface area contributed by atoms with Gasteiger partial charge in [-0.2, -0.15) is 4.31 Å². The van der Waals surface area contributed by atoms with Gasteiger partial charge < -0.3 is 10.8 Å². The van der Waals surface area contributed by atoms with E-state index in [1.165, 1.54) is 24.3 Å². The SMILES string of the molecule is NC(=O)C1CCCCN1S(=O)(=O)c1cccc(O)c1. The number of nitrogens with zero attached hydrogens (tertiary/aromatic N) is 1. The molecule has 2 rings (SSSR count). The van der Waals surface area contributed by atoms with E-state index in [-0.39, 0.29) is 17.2 Å². The van der Waals surface area contributed by atoms with Crippen LogP contribution in [-0.4, -0.2) is 36.3 Å². The van der Waals surface area contributed by atoms with E-state index in [4.69, 9.17) is 5.73 Å². The minimum Gasteiger partial charge on any atom is -0.508 e. The van der Waals surface area contributed by atoms with Crippen LogP contribution < -0.4 is 5.73 Å². The Morgan fingerprint density at radius 3 is 2.74 bits per heavy atom. The van der Waals surface area contributed by atoms with Crippen molar-refractivity contribution in [1.29, 1.82) is 0 Å². The second kappa shape index (κ2) is 5.18.